The summed E-state index contributed by atoms with van der Waals surface area (Å²) in [6, 6.07) is 9.60. The van der Waals surface area contributed by atoms with Gasteiger partial charge in [0.25, 0.3) is 5.91 Å². The first-order valence-corrected chi connectivity index (χ1v) is 7.12. The van der Waals surface area contributed by atoms with Gasteiger partial charge in [-0.1, -0.05) is 19.1 Å². The van der Waals surface area contributed by atoms with E-state index in [1.807, 2.05) is 18.2 Å². The third kappa shape index (κ3) is 6.27. The standard InChI is InChI=1S/C15H20N6O.HI/c1-2-11-4-3-5-12(10-11)20-15(16)18-9-8-17-14(22)13-6-7-19-21-13;/h3-7,10H,2,8-9H2,1H3,(H,17,22)(H,19,21)(H3,16,18,20);1H. The Bertz CT molecular complexity index is 641. The molecule has 124 valence electrons. The monoisotopic (exact) mass is 428 g/mol. The first-order valence-electron chi connectivity index (χ1n) is 7.12. The number of benzene rings is 1. The number of aryl methyl sites for hydroxylation is 1. The number of aromatic amines is 1. The molecular weight excluding hydrogens is 407 g/mol. The summed E-state index contributed by atoms with van der Waals surface area (Å²) in [5.74, 6) is 0.110. The van der Waals surface area contributed by atoms with Crippen LogP contribution in [0.3, 0.4) is 0 Å². The summed E-state index contributed by atoms with van der Waals surface area (Å²) >= 11 is 0. The molecule has 2 rings (SSSR count). The third-order valence-electron chi connectivity index (χ3n) is 3.03. The molecule has 23 heavy (non-hydrogen) atoms. The van der Waals surface area contributed by atoms with Crippen LogP contribution in [-0.2, 0) is 6.42 Å². The molecule has 0 bridgehead atoms. The zero-order chi connectivity index (χ0) is 15.8. The molecule has 1 heterocycles. The highest BCUT2D eigenvalue weighted by Gasteiger charge is 2.04. The largest absolute Gasteiger partial charge is 0.370 e. The number of amides is 1. The smallest absolute Gasteiger partial charge is 0.269 e. The molecule has 1 aromatic heterocycles. The molecule has 0 unspecified atom stereocenters. The Balaban J connectivity index is 0.00000264. The van der Waals surface area contributed by atoms with Crippen LogP contribution in [0.4, 0.5) is 5.69 Å². The van der Waals surface area contributed by atoms with Crippen LogP contribution in [0, 0.1) is 0 Å². The lowest BCUT2D eigenvalue weighted by atomic mass is 10.1. The van der Waals surface area contributed by atoms with E-state index in [-0.39, 0.29) is 29.9 Å². The summed E-state index contributed by atoms with van der Waals surface area (Å²) in [5, 5.41) is 12.1. The summed E-state index contributed by atoms with van der Waals surface area (Å²) in [6.07, 6.45) is 2.49. The second kappa shape index (κ2) is 9.82. The number of rotatable bonds is 6. The Morgan fingerprint density at radius 1 is 1.39 bits per heavy atom. The maximum atomic E-state index is 11.6. The van der Waals surface area contributed by atoms with Gasteiger partial charge in [-0.15, -0.1) is 24.0 Å². The lowest BCUT2D eigenvalue weighted by molar-refractivity contribution is 0.0950. The van der Waals surface area contributed by atoms with E-state index in [1.165, 1.54) is 11.8 Å². The van der Waals surface area contributed by atoms with Crippen LogP contribution in [0.1, 0.15) is 23.0 Å². The molecule has 1 aromatic carbocycles. The van der Waals surface area contributed by atoms with Crippen LogP contribution in [0.5, 0.6) is 0 Å². The molecule has 8 heteroatoms. The van der Waals surface area contributed by atoms with Crippen molar-refractivity contribution in [1.82, 2.24) is 15.5 Å². The van der Waals surface area contributed by atoms with Crippen molar-refractivity contribution in [3.05, 3.63) is 47.8 Å². The number of hydrogen-bond donors (Lipinski definition) is 4. The SMILES string of the molecule is CCc1cccc(NC(N)=NCCNC(=O)c2ccn[nH]2)c1.I. The van der Waals surface area contributed by atoms with Crippen molar-refractivity contribution in [2.24, 2.45) is 10.7 Å². The van der Waals surface area contributed by atoms with Crippen LogP contribution >= 0.6 is 24.0 Å². The number of hydrogen-bond acceptors (Lipinski definition) is 3. The van der Waals surface area contributed by atoms with Crippen LogP contribution in [0.2, 0.25) is 0 Å². The minimum Gasteiger partial charge on any atom is -0.370 e. The number of aliphatic imine (C=N–C) groups is 1. The molecule has 5 N–H and O–H groups in total. The van der Waals surface area contributed by atoms with Gasteiger partial charge in [0.05, 0.1) is 6.54 Å². The quantitative estimate of drug-likeness (QED) is 0.243. The Labute approximate surface area is 152 Å². The molecule has 0 atom stereocenters. The summed E-state index contributed by atoms with van der Waals surface area (Å²) < 4.78 is 0. The van der Waals surface area contributed by atoms with Crippen LogP contribution in [-0.4, -0.2) is 35.2 Å². The molecule has 0 aliphatic carbocycles. The second-order valence-corrected chi connectivity index (χ2v) is 4.67. The molecule has 0 radical (unpaired) electrons. The number of carbonyl (C=O) groups is 1. The van der Waals surface area contributed by atoms with Gasteiger partial charge in [0.1, 0.15) is 5.69 Å². The molecule has 0 saturated carbocycles. The Morgan fingerprint density at radius 3 is 2.91 bits per heavy atom. The summed E-state index contributed by atoms with van der Waals surface area (Å²) in [7, 11) is 0. The fourth-order valence-corrected chi connectivity index (χ4v) is 1.88. The van der Waals surface area contributed by atoms with Crippen molar-refractivity contribution in [2.45, 2.75) is 13.3 Å². The van der Waals surface area contributed by atoms with Gasteiger partial charge >= 0.3 is 0 Å². The number of nitrogens with one attached hydrogen (secondary N) is 3. The van der Waals surface area contributed by atoms with Crippen LogP contribution < -0.4 is 16.4 Å². The van der Waals surface area contributed by atoms with E-state index in [1.54, 1.807) is 6.07 Å². The zero-order valence-electron chi connectivity index (χ0n) is 12.9. The highest BCUT2D eigenvalue weighted by molar-refractivity contribution is 14.0. The van der Waals surface area contributed by atoms with E-state index in [4.69, 9.17) is 5.73 Å². The molecule has 0 fully saturated rings. The Hall–Kier alpha value is -2.10. The van der Waals surface area contributed by atoms with E-state index in [0.717, 1.165) is 12.1 Å². The lowest BCUT2D eigenvalue weighted by Gasteiger charge is -2.07. The molecule has 1 amide bonds. The highest BCUT2D eigenvalue weighted by Crippen LogP contribution is 2.10. The average molecular weight is 428 g/mol. The van der Waals surface area contributed by atoms with Gasteiger partial charge in [0.2, 0.25) is 0 Å². The normalized spacial score (nSPS) is 10.7. The van der Waals surface area contributed by atoms with Gasteiger partial charge in [-0.25, -0.2) is 0 Å². The van der Waals surface area contributed by atoms with Gasteiger partial charge in [0, 0.05) is 18.4 Å². The predicted octanol–water partition coefficient (Wildman–Crippen LogP) is 1.75. The zero-order valence-corrected chi connectivity index (χ0v) is 15.2. The number of guanidine groups is 1. The molecule has 2 aromatic rings. The van der Waals surface area contributed by atoms with E-state index < -0.39 is 0 Å². The summed E-state index contributed by atoms with van der Waals surface area (Å²) in [4.78, 5) is 15.8. The maximum absolute atomic E-state index is 11.6. The number of H-pyrrole nitrogens is 1. The van der Waals surface area contributed by atoms with Crippen molar-refractivity contribution in [1.29, 1.82) is 0 Å². The number of halogens is 1. The average Bonchev–Trinajstić information content (AvgIpc) is 3.06. The number of anilines is 1. The lowest BCUT2D eigenvalue weighted by Crippen LogP contribution is -2.28. The molecular formula is C15H21IN6O. The number of aromatic nitrogens is 2. The van der Waals surface area contributed by atoms with Gasteiger partial charge in [-0.2, -0.15) is 5.10 Å². The van der Waals surface area contributed by atoms with Gasteiger partial charge in [-0.3, -0.25) is 14.9 Å². The topological polar surface area (TPSA) is 108 Å². The number of nitrogens with zero attached hydrogens (tertiary/aromatic N) is 2. The molecule has 0 aliphatic rings. The summed E-state index contributed by atoms with van der Waals surface area (Å²) in [6.45, 7) is 2.89. The minimum absolute atomic E-state index is 0. The molecule has 0 saturated heterocycles. The number of carbonyl (C=O) groups excluding carboxylic acids is 1. The third-order valence-corrected chi connectivity index (χ3v) is 3.03. The van der Waals surface area contributed by atoms with Crippen LogP contribution in [0.15, 0.2) is 41.5 Å². The summed E-state index contributed by atoms with van der Waals surface area (Å²) in [5.41, 5.74) is 8.37. The first kappa shape index (κ1) is 18.9. The van der Waals surface area contributed by atoms with Crippen LogP contribution in [0.25, 0.3) is 0 Å². The van der Waals surface area contributed by atoms with Crippen molar-refractivity contribution in [2.75, 3.05) is 18.4 Å². The van der Waals surface area contributed by atoms with Crippen molar-refractivity contribution >= 4 is 41.5 Å². The maximum Gasteiger partial charge on any atom is 0.269 e. The number of nitrogens with two attached hydrogens (primary N) is 1. The van der Waals surface area contributed by atoms with E-state index >= 15 is 0 Å². The fourth-order valence-electron chi connectivity index (χ4n) is 1.88. The van der Waals surface area contributed by atoms with E-state index in [9.17, 15) is 4.79 Å². The second-order valence-electron chi connectivity index (χ2n) is 4.67. The van der Waals surface area contributed by atoms with Gasteiger partial charge in [-0.05, 0) is 30.2 Å². The van der Waals surface area contributed by atoms with Gasteiger partial charge < -0.3 is 16.4 Å². The van der Waals surface area contributed by atoms with E-state index in [2.05, 4.69) is 38.8 Å². The van der Waals surface area contributed by atoms with E-state index in [0.29, 0.717) is 24.7 Å². The van der Waals surface area contributed by atoms with Crippen molar-refractivity contribution < 1.29 is 4.79 Å². The molecule has 0 aliphatic heterocycles. The predicted molar refractivity (Wildman–Crippen MR) is 102 cm³/mol. The fraction of sp³-hybridized carbons (Fsp3) is 0.267. The Kier molecular flexibility index (Phi) is 8.09. The molecule has 7 nitrogen and oxygen atoms in total. The van der Waals surface area contributed by atoms with Crippen molar-refractivity contribution in [3.8, 4) is 0 Å². The van der Waals surface area contributed by atoms with Gasteiger partial charge in [0.15, 0.2) is 5.96 Å². The minimum atomic E-state index is -0.213. The van der Waals surface area contributed by atoms with Crippen molar-refractivity contribution in [3.63, 3.8) is 0 Å². The Morgan fingerprint density at radius 2 is 2.22 bits per heavy atom. The first-order chi connectivity index (χ1) is 10.7. The molecule has 0 spiro atoms. The highest BCUT2D eigenvalue weighted by atomic mass is 127.